The van der Waals surface area contributed by atoms with Crippen molar-refractivity contribution >= 4 is 5.91 Å². The van der Waals surface area contributed by atoms with Gasteiger partial charge in [0.2, 0.25) is 5.91 Å². The van der Waals surface area contributed by atoms with Crippen molar-refractivity contribution in [1.29, 1.82) is 0 Å². The molecule has 0 aliphatic carbocycles. The lowest BCUT2D eigenvalue weighted by Gasteiger charge is -2.19. The first-order valence-electron chi connectivity index (χ1n) is 6.14. The quantitative estimate of drug-likeness (QED) is 0.497. The van der Waals surface area contributed by atoms with Gasteiger partial charge in [-0.15, -0.1) is 0 Å². The Kier molecular flexibility index (Phi) is 0.664. The summed E-state index contributed by atoms with van der Waals surface area (Å²) in [5.74, 6) is -4.02. The molecule has 1 aliphatic rings. The van der Waals surface area contributed by atoms with Crippen LogP contribution in [0.25, 0.3) is 0 Å². The largest absolute Gasteiger partial charge is 0.369 e. The Balaban J connectivity index is 3.64. The van der Waals surface area contributed by atoms with E-state index in [1.165, 1.54) is 0 Å². The van der Waals surface area contributed by atoms with Gasteiger partial charge in [0.1, 0.15) is 1.41 Å². The Hall–Kier alpha value is -0.830. The van der Waals surface area contributed by atoms with Gasteiger partial charge in [-0.1, -0.05) is 11.6 Å². The molecule has 1 aliphatic heterocycles. The number of primary amides is 1. The lowest BCUT2D eigenvalue weighted by Crippen LogP contribution is -2.37. The molecule has 1 amide bonds. The van der Waals surface area contributed by atoms with E-state index in [9.17, 15) is 4.79 Å². The first-order chi connectivity index (χ1) is 7.41. The molecule has 1 unspecified atom stereocenters. The summed E-state index contributed by atoms with van der Waals surface area (Å²) < 4.78 is 52.6. The molecule has 3 nitrogen and oxygen atoms in total. The number of nitrogens with two attached hydrogens (primary N) is 1. The lowest BCUT2D eigenvalue weighted by atomic mass is 9.97. The summed E-state index contributed by atoms with van der Waals surface area (Å²) in [7, 11) is 0. The normalized spacial score (nSPS) is 56.3. The minimum absolute atomic E-state index is 0.201. The smallest absolute Gasteiger partial charge is 0.225 e. The molecule has 0 aromatic rings. The first kappa shape index (κ1) is 2.34. The van der Waals surface area contributed by atoms with Gasteiger partial charge in [-0.3, -0.25) is 4.79 Å². The van der Waals surface area contributed by atoms with E-state index in [0.29, 0.717) is 0 Å². The van der Waals surface area contributed by atoms with Gasteiger partial charge in [-0.05, 0) is 6.92 Å². The SMILES string of the molecule is [2H]C1=C(C)C([2H])(C(N)=O)C([2H])([2H])N([2H])C1([2H])[2H]. The highest BCUT2D eigenvalue weighted by Gasteiger charge is 2.18. The van der Waals surface area contributed by atoms with E-state index < -0.39 is 36.4 Å². The number of hydrogen-bond donors (Lipinski definition) is 2. The zero-order chi connectivity index (χ0) is 13.8. The van der Waals surface area contributed by atoms with Gasteiger partial charge in [0.05, 0.1) is 7.26 Å². The maximum absolute atomic E-state index is 11.2. The third kappa shape index (κ3) is 1.36. The van der Waals surface area contributed by atoms with Gasteiger partial charge in [0, 0.05) is 19.8 Å². The van der Waals surface area contributed by atoms with Crippen molar-refractivity contribution in [2.45, 2.75) is 6.92 Å². The van der Waals surface area contributed by atoms with Crippen LogP contribution in [0.5, 0.6) is 0 Å². The van der Waals surface area contributed by atoms with Gasteiger partial charge in [0.25, 0.3) is 0 Å². The minimum atomic E-state index is -2.96. The van der Waals surface area contributed by atoms with Crippen LogP contribution in [-0.4, -0.2) is 18.9 Å². The minimum Gasteiger partial charge on any atom is -0.369 e. The van der Waals surface area contributed by atoms with E-state index in [4.69, 9.17) is 15.4 Å². The fraction of sp³-hybridized carbons (Fsp3) is 0.571. The van der Waals surface area contributed by atoms with Gasteiger partial charge >= 0.3 is 0 Å². The standard InChI is InChI=1S/C7H12N2O/c1-5-2-3-9-4-6(5)7(8)10/h2,6,9H,3-4H2,1H3,(H2,8,10)/i2D,3D2,4D2,6D/hD. The number of rotatable bonds is 1. The molecule has 0 aromatic carbocycles. The number of amides is 1. The number of carbonyl (C=O) groups excluding carboxylic acids is 1. The van der Waals surface area contributed by atoms with Gasteiger partial charge in [-0.25, -0.2) is 0 Å². The Labute approximate surface area is 70.2 Å². The molecule has 1 heterocycles. The summed E-state index contributed by atoms with van der Waals surface area (Å²) in [5, 5.41) is -0.201. The van der Waals surface area contributed by atoms with Crippen LogP contribution in [0.15, 0.2) is 11.6 Å². The van der Waals surface area contributed by atoms with E-state index in [2.05, 4.69) is 0 Å². The second-order valence-electron chi connectivity index (χ2n) is 1.82. The van der Waals surface area contributed by atoms with Crippen LogP contribution in [-0.2, 0) is 4.79 Å². The van der Waals surface area contributed by atoms with E-state index in [-0.39, 0.29) is 5.31 Å². The molecule has 0 aromatic heterocycles. The number of carbonyl (C=O) groups is 1. The zero-order valence-electron chi connectivity index (χ0n) is 12.4. The van der Waals surface area contributed by atoms with Crippen LogP contribution >= 0.6 is 0 Å². The molecule has 0 spiro atoms. The third-order valence-corrected chi connectivity index (χ3v) is 1.09. The summed E-state index contributed by atoms with van der Waals surface area (Å²) in [6.45, 7) is -4.58. The highest BCUT2D eigenvalue weighted by atomic mass is 16.1. The molecule has 0 fully saturated rings. The lowest BCUT2D eigenvalue weighted by molar-refractivity contribution is -0.120. The van der Waals surface area contributed by atoms with Crippen LogP contribution in [0.2, 0.25) is 1.41 Å². The molecule has 10 heavy (non-hydrogen) atoms. The summed E-state index contributed by atoms with van der Waals surface area (Å²) in [4.78, 5) is 11.2. The molecule has 3 heteroatoms. The summed E-state index contributed by atoms with van der Waals surface area (Å²) in [6, 6.07) is -0.795. The van der Waals surface area contributed by atoms with Crippen LogP contribution in [0.1, 0.15) is 15.1 Å². The maximum atomic E-state index is 11.2. The second kappa shape index (κ2) is 2.84. The average Bonchev–Trinajstić information content (AvgIpc) is 2.22. The van der Waals surface area contributed by atoms with Crippen molar-refractivity contribution in [3.63, 3.8) is 0 Å². The third-order valence-electron chi connectivity index (χ3n) is 1.09. The molecule has 3 N–H and O–H groups in total. The summed E-state index contributed by atoms with van der Waals surface area (Å²) in [6.07, 6.45) is 0. The molecule has 0 saturated carbocycles. The van der Waals surface area contributed by atoms with Gasteiger partial charge < -0.3 is 11.0 Å². The summed E-state index contributed by atoms with van der Waals surface area (Å²) in [5.41, 5.74) is 4.54. The average molecular weight is 147 g/mol. The Morgan fingerprint density at radius 1 is 2.40 bits per heavy atom. The Morgan fingerprint density at radius 2 is 3.10 bits per heavy atom. The van der Waals surface area contributed by atoms with Crippen molar-refractivity contribution in [3.05, 3.63) is 11.6 Å². The molecular weight excluding hydrogens is 128 g/mol. The molecular formula is C7H12N2O. The van der Waals surface area contributed by atoms with Crippen LogP contribution in [0.3, 0.4) is 0 Å². The van der Waals surface area contributed by atoms with E-state index in [1.54, 1.807) is 0 Å². The highest BCUT2D eigenvalue weighted by molar-refractivity contribution is 5.80. The predicted molar refractivity (Wildman–Crippen MR) is 39.3 cm³/mol. The number of hydrogen-bond acceptors (Lipinski definition) is 2. The molecule has 1 atom stereocenters. The van der Waals surface area contributed by atoms with Crippen molar-refractivity contribution in [2.24, 2.45) is 11.6 Å². The van der Waals surface area contributed by atoms with Crippen molar-refractivity contribution in [3.8, 4) is 0 Å². The topological polar surface area (TPSA) is 55.1 Å². The predicted octanol–water partition coefficient (Wildman–Crippen LogP) is -0.363. The van der Waals surface area contributed by atoms with Crippen molar-refractivity contribution in [2.75, 3.05) is 13.0 Å². The second-order valence-corrected chi connectivity index (χ2v) is 1.82. The fourth-order valence-electron chi connectivity index (χ4n) is 0.582. The Morgan fingerprint density at radius 3 is 3.70 bits per heavy atom. The summed E-state index contributed by atoms with van der Waals surface area (Å²) >= 11 is 0. The number of nitrogens with one attached hydrogen (secondary N) is 1. The zero-order valence-corrected chi connectivity index (χ0v) is 5.43. The maximum Gasteiger partial charge on any atom is 0.225 e. The molecule has 0 bridgehead atoms. The molecule has 0 saturated heterocycles. The van der Waals surface area contributed by atoms with E-state index >= 15 is 0 Å². The van der Waals surface area contributed by atoms with Gasteiger partial charge in [-0.2, -0.15) is 0 Å². The van der Waals surface area contributed by atoms with Crippen LogP contribution in [0, 0.1) is 5.89 Å². The Bertz CT molecular complexity index is 407. The molecule has 56 valence electrons. The van der Waals surface area contributed by atoms with Gasteiger partial charge in [0.15, 0.2) is 0 Å². The highest BCUT2D eigenvalue weighted by Crippen LogP contribution is 2.10. The van der Waals surface area contributed by atoms with E-state index in [0.717, 1.165) is 6.92 Å². The van der Waals surface area contributed by atoms with Crippen LogP contribution < -0.4 is 11.0 Å². The fourth-order valence-corrected chi connectivity index (χ4v) is 0.582. The monoisotopic (exact) mass is 147 g/mol. The van der Waals surface area contributed by atoms with Crippen molar-refractivity contribution < 1.29 is 14.4 Å². The van der Waals surface area contributed by atoms with Crippen molar-refractivity contribution in [1.82, 2.24) is 5.31 Å². The molecule has 1 rings (SSSR count). The van der Waals surface area contributed by atoms with Crippen LogP contribution in [0.4, 0.5) is 0 Å². The molecule has 0 radical (unpaired) electrons. The first-order valence-corrected chi connectivity index (χ1v) is 2.69. The van der Waals surface area contributed by atoms with E-state index in [1.807, 2.05) is 0 Å².